The molecule has 1 unspecified atom stereocenters. The van der Waals surface area contributed by atoms with Gasteiger partial charge in [0.05, 0.1) is 5.69 Å². The fourth-order valence-electron chi connectivity index (χ4n) is 1.93. The molecule has 2 aliphatic heterocycles. The maximum atomic E-state index is 11.8. The average Bonchev–Trinajstić information content (AvgIpc) is 2.63. The van der Waals surface area contributed by atoms with Gasteiger partial charge in [-0.05, 0) is 19.1 Å². The molecular weight excluding hydrogens is 238 g/mol. The van der Waals surface area contributed by atoms with E-state index in [1.165, 1.54) is 0 Å². The van der Waals surface area contributed by atoms with Gasteiger partial charge in [0.2, 0.25) is 0 Å². The fraction of sp³-hybridized carbons (Fsp3) is 0.364. The van der Waals surface area contributed by atoms with Crippen LogP contribution in [0.15, 0.2) is 12.1 Å². The van der Waals surface area contributed by atoms with Crippen LogP contribution in [0.2, 0.25) is 0 Å². The molecule has 0 spiro atoms. The van der Waals surface area contributed by atoms with Crippen LogP contribution in [0.3, 0.4) is 0 Å². The highest BCUT2D eigenvalue weighted by molar-refractivity contribution is 6.06. The number of carbonyl (C=O) groups is 2. The van der Waals surface area contributed by atoms with E-state index in [1.54, 1.807) is 19.1 Å². The van der Waals surface area contributed by atoms with Gasteiger partial charge in [-0.25, -0.2) is 9.78 Å². The van der Waals surface area contributed by atoms with E-state index in [2.05, 4.69) is 15.6 Å². The largest absolute Gasteiger partial charge is 0.484 e. The zero-order valence-corrected chi connectivity index (χ0v) is 9.65. The van der Waals surface area contributed by atoms with Crippen molar-refractivity contribution in [3.8, 4) is 11.6 Å². The molecule has 3 heterocycles. The van der Waals surface area contributed by atoms with Crippen LogP contribution >= 0.6 is 0 Å². The number of nitrogens with one attached hydrogen (secondary N) is 2. The van der Waals surface area contributed by atoms with Crippen LogP contribution in [-0.2, 0) is 10.3 Å². The number of fused-ring (bicyclic) bond motifs is 1. The zero-order chi connectivity index (χ0) is 12.8. The molecule has 0 saturated carbocycles. The number of carbonyl (C=O) groups excluding carboxylic acids is 2. The number of urea groups is 1. The number of hydrogen-bond donors (Lipinski definition) is 2. The molecule has 18 heavy (non-hydrogen) atoms. The van der Waals surface area contributed by atoms with Gasteiger partial charge in [-0.2, -0.15) is 0 Å². The maximum Gasteiger partial charge on any atom is 0.322 e. The molecule has 1 atom stereocenters. The molecule has 1 fully saturated rings. The molecule has 2 aliphatic rings. The van der Waals surface area contributed by atoms with Gasteiger partial charge >= 0.3 is 6.03 Å². The summed E-state index contributed by atoms with van der Waals surface area (Å²) in [6.07, 6.45) is 0. The Bertz CT molecular complexity index is 545. The first-order valence-corrected chi connectivity index (χ1v) is 5.50. The number of aromatic nitrogens is 1. The predicted octanol–water partition coefficient (Wildman–Crippen LogP) is -0.0926. The number of rotatable bonds is 1. The Labute approximate surface area is 102 Å². The molecule has 1 saturated heterocycles. The Balaban J connectivity index is 2.02. The first-order chi connectivity index (χ1) is 8.59. The highest BCUT2D eigenvalue weighted by atomic mass is 16.6. The van der Waals surface area contributed by atoms with Crippen molar-refractivity contribution in [2.75, 3.05) is 13.2 Å². The lowest BCUT2D eigenvalue weighted by atomic mass is 9.97. The van der Waals surface area contributed by atoms with E-state index in [-0.39, 0.29) is 0 Å². The van der Waals surface area contributed by atoms with Crippen molar-refractivity contribution in [1.82, 2.24) is 15.6 Å². The second-order valence-corrected chi connectivity index (χ2v) is 4.23. The van der Waals surface area contributed by atoms with Crippen molar-refractivity contribution in [3.05, 3.63) is 17.8 Å². The third-order valence-electron chi connectivity index (χ3n) is 2.96. The van der Waals surface area contributed by atoms with Crippen molar-refractivity contribution in [2.24, 2.45) is 0 Å². The Kier molecular flexibility index (Phi) is 2.16. The van der Waals surface area contributed by atoms with Gasteiger partial charge in [0.1, 0.15) is 13.2 Å². The second-order valence-electron chi connectivity index (χ2n) is 4.23. The quantitative estimate of drug-likeness (QED) is 0.679. The molecule has 0 aliphatic carbocycles. The van der Waals surface area contributed by atoms with E-state index >= 15 is 0 Å². The number of imide groups is 1. The highest BCUT2D eigenvalue weighted by Crippen LogP contribution is 2.31. The monoisotopic (exact) mass is 249 g/mol. The van der Waals surface area contributed by atoms with Crippen LogP contribution in [0.1, 0.15) is 12.6 Å². The standard InChI is InChI=1S/C11H11N3O4/c1-11(9(15)13-10(16)14-11)7-3-2-6-8(12-7)18-5-4-17-6/h2-3H,4-5H2,1H3,(H2,13,14,15,16). The fourth-order valence-corrected chi connectivity index (χ4v) is 1.93. The van der Waals surface area contributed by atoms with E-state index in [1.807, 2.05) is 0 Å². The van der Waals surface area contributed by atoms with Gasteiger partial charge < -0.3 is 14.8 Å². The second kappa shape index (κ2) is 3.59. The van der Waals surface area contributed by atoms with E-state index < -0.39 is 17.5 Å². The summed E-state index contributed by atoms with van der Waals surface area (Å²) in [5.74, 6) is 0.448. The molecular formula is C11H11N3O4. The summed E-state index contributed by atoms with van der Waals surface area (Å²) in [5.41, 5.74) is -0.762. The summed E-state index contributed by atoms with van der Waals surface area (Å²) in [4.78, 5) is 27.2. The number of nitrogens with zero attached hydrogens (tertiary/aromatic N) is 1. The van der Waals surface area contributed by atoms with Crippen molar-refractivity contribution >= 4 is 11.9 Å². The van der Waals surface area contributed by atoms with Gasteiger partial charge in [0.25, 0.3) is 11.8 Å². The molecule has 0 bridgehead atoms. The van der Waals surface area contributed by atoms with Crippen molar-refractivity contribution in [3.63, 3.8) is 0 Å². The molecule has 7 heteroatoms. The molecule has 94 valence electrons. The van der Waals surface area contributed by atoms with Crippen LogP contribution in [0.4, 0.5) is 4.79 Å². The molecule has 3 amide bonds. The van der Waals surface area contributed by atoms with E-state index in [0.29, 0.717) is 30.5 Å². The Morgan fingerprint density at radius 3 is 2.78 bits per heavy atom. The summed E-state index contributed by atoms with van der Waals surface area (Å²) in [5, 5.41) is 4.73. The van der Waals surface area contributed by atoms with Crippen LogP contribution in [-0.4, -0.2) is 30.1 Å². The van der Waals surface area contributed by atoms with Crippen LogP contribution < -0.4 is 20.1 Å². The van der Waals surface area contributed by atoms with Gasteiger partial charge in [0.15, 0.2) is 11.3 Å². The SMILES string of the molecule is CC1(c2ccc3c(n2)OCCO3)NC(=O)NC1=O. The first kappa shape index (κ1) is 10.8. The molecule has 1 aromatic rings. The number of pyridine rings is 1. The van der Waals surface area contributed by atoms with Crippen LogP contribution in [0, 0.1) is 0 Å². The lowest BCUT2D eigenvalue weighted by Gasteiger charge is -2.23. The topological polar surface area (TPSA) is 89.6 Å². The summed E-state index contributed by atoms with van der Waals surface area (Å²) in [6, 6.07) is 2.79. The summed E-state index contributed by atoms with van der Waals surface area (Å²) >= 11 is 0. The lowest BCUT2D eigenvalue weighted by molar-refractivity contribution is -0.123. The Morgan fingerprint density at radius 1 is 1.28 bits per heavy atom. The molecule has 3 rings (SSSR count). The minimum atomic E-state index is -1.17. The maximum absolute atomic E-state index is 11.8. The third-order valence-corrected chi connectivity index (χ3v) is 2.96. The summed E-state index contributed by atoms with van der Waals surface area (Å²) in [7, 11) is 0. The predicted molar refractivity (Wildman–Crippen MR) is 59.3 cm³/mol. The smallest absolute Gasteiger partial charge is 0.322 e. The Hall–Kier alpha value is -2.31. The zero-order valence-electron chi connectivity index (χ0n) is 9.65. The molecule has 0 radical (unpaired) electrons. The molecule has 0 aromatic carbocycles. The van der Waals surface area contributed by atoms with Crippen molar-refractivity contribution in [1.29, 1.82) is 0 Å². The lowest BCUT2D eigenvalue weighted by Crippen LogP contribution is -2.41. The summed E-state index contributed by atoms with van der Waals surface area (Å²) in [6.45, 7) is 2.48. The molecule has 1 aromatic heterocycles. The number of amides is 3. The van der Waals surface area contributed by atoms with Gasteiger partial charge in [0, 0.05) is 0 Å². The van der Waals surface area contributed by atoms with Gasteiger partial charge in [-0.3, -0.25) is 10.1 Å². The van der Waals surface area contributed by atoms with Crippen LogP contribution in [0.5, 0.6) is 11.6 Å². The minimum absolute atomic E-state index is 0.342. The van der Waals surface area contributed by atoms with Crippen LogP contribution in [0.25, 0.3) is 0 Å². The normalized spacial score (nSPS) is 25.6. The van der Waals surface area contributed by atoms with Crippen molar-refractivity contribution < 1.29 is 19.1 Å². The number of ether oxygens (including phenoxy) is 2. The summed E-state index contributed by atoms with van der Waals surface area (Å²) < 4.78 is 10.7. The van der Waals surface area contributed by atoms with E-state index in [4.69, 9.17) is 9.47 Å². The first-order valence-electron chi connectivity index (χ1n) is 5.50. The third kappa shape index (κ3) is 1.47. The molecule has 7 nitrogen and oxygen atoms in total. The van der Waals surface area contributed by atoms with Gasteiger partial charge in [-0.1, -0.05) is 0 Å². The highest BCUT2D eigenvalue weighted by Gasteiger charge is 2.45. The minimum Gasteiger partial charge on any atom is -0.484 e. The average molecular weight is 249 g/mol. The molecule has 2 N–H and O–H groups in total. The Morgan fingerprint density at radius 2 is 2.06 bits per heavy atom. The van der Waals surface area contributed by atoms with E-state index in [9.17, 15) is 9.59 Å². The number of hydrogen-bond acceptors (Lipinski definition) is 5. The van der Waals surface area contributed by atoms with E-state index in [0.717, 1.165) is 0 Å². The van der Waals surface area contributed by atoms with Crippen molar-refractivity contribution in [2.45, 2.75) is 12.5 Å². The van der Waals surface area contributed by atoms with Gasteiger partial charge in [-0.15, -0.1) is 0 Å².